The monoisotopic (exact) mass is 250 g/mol. The van der Waals surface area contributed by atoms with E-state index in [4.69, 9.17) is 4.74 Å². The van der Waals surface area contributed by atoms with Crippen LogP contribution in [0, 0.1) is 0 Å². The predicted octanol–water partition coefficient (Wildman–Crippen LogP) is 1.42. The van der Waals surface area contributed by atoms with Gasteiger partial charge in [-0.2, -0.15) is 0 Å². The van der Waals surface area contributed by atoms with Crippen LogP contribution >= 0.6 is 0 Å². The van der Waals surface area contributed by atoms with Gasteiger partial charge in [-0.25, -0.2) is 0 Å². The van der Waals surface area contributed by atoms with E-state index in [1.807, 2.05) is 11.8 Å². The molecule has 0 N–H and O–H groups in total. The number of carbonyl (C=O) groups is 1. The molecule has 0 bridgehead atoms. The molecule has 1 aliphatic rings. The van der Waals surface area contributed by atoms with Crippen molar-refractivity contribution < 1.29 is 9.53 Å². The van der Waals surface area contributed by atoms with Crippen molar-refractivity contribution in [3.63, 3.8) is 0 Å². The highest BCUT2D eigenvalue weighted by Gasteiger charge is 2.19. The number of hydrogen-bond donors (Lipinski definition) is 0. The normalized spacial score (nSPS) is 17.4. The van der Waals surface area contributed by atoms with Crippen LogP contribution in [0.15, 0.2) is 36.6 Å². The summed E-state index contributed by atoms with van der Waals surface area (Å²) in [6, 6.07) is 0. The minimum absolute atomic E-state index is 0.0221. The van der Waals surface area contributed by atoms with Gasteiger partial charge in [-0.3, -0.25) is 4.79 Å². The maximum atomic E-state index is 11.9. The quantitative estimate of drug-likeness (QED) is 0.546. The number of amides is 1. The van der Waals surface area contributed by atoms with Crippen LogP contribution in [-0.4, -0.2) is 55.5 Å². The van der Waals surface area contributed by atoms with Crippen molar-refractivity contribution in [3.8, 4) is 0 Å². The molecule has 0 saturated carbocycles. The van der Waals surface area contributed by atoms with E-state index in [2.05, 4.69) is 25.1 Å². The zero-order valence-corrected chi connectivity index (χ0v) is 11.3. The van der Waals surface area contributed by atoms with Crippen LogP contribution in [0.2, 0.25) is 0 Å². The van der Waals surface area contributed by atoms with Crippen molar-refractivity contribution >= 4 is 5.91 Å². The lowest BCUT2D eigenvalue weighted by molar-refractivity contribution is -0.136. The molecule has 0 aromatic rings. The first kappa shape index (κ1) is 14.5. The summed E-state index contributed by atoms with van der Waals surface area (Å²) in [4.78, 5) is 15.9. The van der Waals surface area contributed by atoms with Crippen LogP contribution in [0.1, 0.15) is 6.92 Å². The van der Waals surface area contributed by atoms with E-state index in [1.165, 1.54) is 0 Å². The van der Waals surface area contributed by atoms with Crippen molar-refractivity contribution in [2.24, 2.45) is 0 Å². The highest BCUT2D eigenvalue weighted by molar-refractivity contribution is 5.77. The van der Waals surface area contributed by atoms with Crippen molar-refractivity contribution in [1.82, 2.24) is 9.80 Å². The van der Waals surface area contributed by atoms with Crippen LogP contribution in [0.3, 0.4) is 0 Å². The lowest BCUT2D eigenvalue weighted by atomic mass is 10.2. The number of likely N-dealkylation sites (N-methyl/N-ethyl adjacent to an activating group) is 1. The fourth-order valence-electron chi connectivity index (χ4n) is 1.66. The van der Waals surface area contributed by atoms with Gasteiger partial charge >= 0.3 is 0 Å². The van der Waals surface area contributed by atoms with Gasteiger partial charge in [0.1, 0.15) is 5.76 Å². The fraction of sp³-hybridized carbons (Fsp3) is 0.500. The van der Waals surface area contributed by atoms with Crippen LogP contribution in [0.5, 0.6) is 0 Å². The summed E-state index contributed by atoms with van der Waals surface area (Å²) in [6.45, 7) is 12.7. The van der Waals surface area contributed by atoms with E-state index in [1.54, 1.807) is 12.2 Å². The molecule has 0 aliphatic carbocycles. The first-order valence-electron chi connectivity index (χ1n) is 6.11. The maximum absolute atomic E-state index is 11.9. The second kappa shape index (κ2) is 7.01. The molecule has 0 unspecified atom stereocenters. The third kappa shape index (κ3) is 4.75. The Morgan fingerprint density at radius 2 is 1.94 bits per heavy atom. The first-order chi connectivity index (χ1) is 8.52. The number of piperazine rings is 1. The second-order valence-electron chi connectivity index (χ2n) is 4.53. The van der Waals surface area contributed by atoms with Crippen molar-refractivity contribution in [2.45, 2.75) is 6.92 Å². The summed E-state index contributed by atoms with van der Waals surface area (Å²) in [5.41, 5.74) is 0.965. The van der Waals surface area contributed by atoms with E-state index in [9.17, 15) is 4.79 Å². The Morgan fingerprint density at radius 3 is 2.50 bits per heavy atom. The summed E-state index contributed by atoms with van der Waals surface area (Å²) in [5.74, 6) is 0.517. The first-order valence-corrected chi connectivity index (χ1v) is 6.11. The lowest BCUT2D eigenvalue weighted by Crippen LogP contribution is -2.48. The minimum Gasteiger partial charge on any atom is -0.484 e. The zero-order valence-electron chi connectivity index (χ0n) is 11.3. The molecule has 18 heavy (non-hydrogen) atoms. The van der Waals surface area contributed by atoms with Gasteiger partial charge in [0.2, 0.25) is 0 Å². The van der Waals surface area contributed by atoms with Crippen LogP contribution in [0.25, 0.3) is 0 Å². The highest BCUT2D eigenvalue weighted by Crippen LogP contribution is 2.05. The van der Waals surface area contributed by atoms with Crippen molar-refractivity contribution in [2.75, 3.05) is 39.8 Å². The Balaban J connectivity index is 2.33. The van der Waals surface area contributed by atoms with Crippen molar-refractivity contribution in [3.05, 3.63) is 36.6 Å². The number of hydrogen-bond acceptors (Lipinski definition) is 3. The van der Waals surface area contributed by atoms with Crippen LogP contribution in [0.4, 0.5) is 0 Å². The van der Waals surface area contributed by atoms with E-state index in [0.717, 1.165) is 31.8 Å². The van der Waals surface area contributed by atoms with Gasteiger partial charge in [0.25, 0.3) is 5.91 Å². The predicted molar refractivity (Wildman–Crippen MR) is 73.1 cm³/mol. The standard InChI is InChI=1S/C14H22N2O2/c1-5-12(2)10-13(3)18-11-14(17)16-8-6-15(4)7-9-16/h5,10H,1,3,6-9,11H2,2,4H3/b12-10-. The molecule has 1 saturated heterocycles. The Bertz CT molecular complexity index is 353. The molecule has 100 valence electrons. The van der Waals surface area contributed by atoms with E-state index in [0.29, 0.717) is 5.76 Å². The minimum atomic E-state index is 0.0221. The maximum Gasteiger partial charge on any atom is 0.260 e. The molecule has 4 heteroatoms. The molecule has 1 heterocycles. The largest absolute Gasteiger partial charge is 0.484 e. The Labute approximate surface area is 109 Å². The molecule has 0 atom stereocenters. The van der Waals surface area contributed by atoms with Gasteiger partial charge in [-0.1, -0.05) is 19.2 Å². The molecule has 0 radical (unpaired) electrons. The van der Waals surface area contributed by atoms with Gasteiger partial charge in [0.05, 0.1) is 0 Å². The molecule has 1 rings (SSSR count). The number of allylic oxidation sites excluding steroid dienone is 3. The summed E-state index contributed by atoms with van der Waals surface area (Å²) in [6.07, 6.45) is 3.49. The van der Waals surface area contributed by atoms with Gasteiger partial charge in [-0.05, 0) is 25.6 Å². The summed E-state index contributed by atoms with van der Waals surface area (Å²) in [7, 11) is 2.06. The SMILES string of the molecule is C=C/C(C)=C\C(=C)OCC(=O)N1CCN(C)CC1. The summed E-state index contributed by atoms with van der Waals surface area (Å²) < 4.78 is 5.33. The highest BCUT2D eigenvalue weighted by atomic mass is 16.5. The van der Waals surface area contributed by atoms with E-state index >= 15 is 0 Å². The third-order valence-corrected chi connectivity index (χ3v) is 2.95. The summed E-state index contributed by atoms with van der Waals surface area (Å²) in [5, 5.41) is 0. The molecule has 1 amide bonds. The average Bonchev–Trinajstić information content (AvgIpc) is 2.36. The van der Waals surface area contributed by atoms with Gasteiger partial charge < -0.3 is 14.5 Å². The topological polar surface area (TPSA) is 32.8 Å². The molecule has 0 aromatic heterocycles. The van der Waals surface area contributed by atoms with Crippen LogP contribution in [-0.2, 0) is 9.53 Å². The molecule has 4 nitrogen and oxygen atoms in total. The smallest absolute Gasteiger partial charge is 0.260 e. The average molecular weight is 250 g/mol. The molecule has 1 fully saturated rings. The lowest BCUT2D eigenvalue weighted by Gasteiger charge is -2.32. The Hall–Kier alpha value is -1.55. The molecule has 0 spiro atoms. The molecular weight excluding hydrogens is 228 g/mol. The molecular formula is C14H22N2O2. The van der Waals surface area contributed by atoms with Gasteiger partial charge in [0, 0.05) is 26.2 Å². The van der Waals surface area contributed by atoms with Gasteiger partial charge in [0.15, 0.2) is 6.61 Å². The Morgan fingerprint density at radius 1 is 1.33 bits per heavy atom. The number of ether oxygens (including phenoxy) is 1. The zero-order chi connectivity index (χ0) is 13.5. The number of carbonyl (C=O) groups excluding carboxylic acids is 1. The number of nitrogens with zero attached hydrogens (tertiary/aromatic N) is 2. The second-order valence-corrected chi connectivity index (χ2v) is 4.53. The molecule has 1 aliphatic heterocycles. The van der Waals surface area contributed by atoms with Crippen molar-refractivity contribution in [1.29, 1.82) is 0 Å². The number of rotatable bonds is 5. The van der Waals surface area contributed by atoms with E-state index < -0.39 is 0 Å². The van der Waals surface area contributed by atoms with Crippen LogP contribution < -0.4 is 0 Å². The van der Waals surface area contributed by atoms with E-state index in [-0.39, 0.29) is 12.5 Å². The third-order valence-electron chi connectivity index (χ3n) is 2.95. The Kier molecular flexibility index (Phi) is 5.65. The summed E-state index contributed by atoms with van der Waals surface area (Å²) >= 11 is 0. The fourth-order valence-corrected chi connectivity index (χ4v) is 1.66. The van der Waals surface area contributed by atoms with Gasteiger partial charge in [-0.15, -0.1) is 0 Å². The molecule has 0 aromatic carbocycles.